The summed E-state index contributed by atoms with van der Waals surface area (Å²) in [6.45, 7) is 2.82. The van der Waals surface area contributed by atoms with Gasteiger partial charge in [-0.1, -0.05) is 26.2 Å². The average Bonchev–Trinajstić information content (AvgIpc) is 2.59. The van der Waals surface area contributed by atoms with Crippen LogP contribution >= 0.6 is 0 Å². The molecule has 0 bridgehead atoms. The van der Waals surface area contributed by atoms with Gasteiger partial charge in [0.15, 0.2) is 0 Å². The number of anilines is 1. The molecule has 4 heteroatoms. The fourth-order valence-electron chi connectivity index (χ4n) is 2.37. The molecule has 1 aliphatic rings. The Labute approximate surface area is 107 Å². The summed E-state index contributed by atoms with van der Waals surface area (Å²) in [4.78, 5) is 13.7. The van der Waals surface area contributed by atoms with Crippen LogP contribution in [-0.2, 0) is 4.79 Å². The minimum Gasteiger partial charge on any atom is -0.316 e. The number of hydrogen-bond donors (Lipinski definition) is 1. The van der Waals surface area contributed by atoms with Crippen LogP contribution in [0.1, 0.15) is 44.2 Å². The molecule has 1 aromatic carbocycles. The molecule has 0 radical (unpaired) electrons. The molecule has 0 saturated carbocycles. The van der Waals surface area contributed by atoms with E-state index in [-0.39, 0.29) is 11.7 Å². The van der Waals surface area contributed by atoms with E-state index >= 15 is 0 Å². The summed E-state index contributed by atoms with van der Waals surface area (Å²) in [5.74, 6) is -0.461. The van der Waals surface area contributed by atoms with E-state index in [2.05, 4.69) is 6.92 Å². The zero-order valence-corrected chi connectivity index (χ0v) is 10.7. The maximum absolute atomic E-state index is 13.2. The van der Waals surface area contributed by atoms with E-state index in [9.17, 15) is 9.18 Å². The lowest BCUT2D eigenvalue weighted by atomic mass is 10.1. The zero-order chi connectivity index (χ0) is 13.1. The van der Waals surface area contributed by atoms with Crippen molar-refractivity contribution in [1.29, 1.82) is 0 Å². The molecule has 0 aliphatic carbocycles. The van der Waals surface area contributed by atoms with Gasteiger partial charge in [-0.05, 0) is 24.6 Å². The molecule has 0 fully saturated rings. The molecule has 98 valence electrons. The van der Waals surface area contributed by atoms with Gasteiger partial charge >= 0.3 is 0 Å². The first-order valence-corrected chi connectivity index (χ1v) is 6.51. The molecular weight excluding hydrogens is 231 g/mol. The van der Waals surface area contributed by atoms with Crippen LogP contribution in [0.5, 0.6) is 0 Å². The summed E-state index contributed by atoms with van der Waals surface area (Å²) >= 11 is 0. The van der Waals surface area contributed by atoms with Gasteiger partial charge in [0.1, 0.15) is 11.9 Å². The molecule has 2 N–H and O–H groups in total. The van der Waals surface area contributed by atoms with Gasteiger partial charge in [0, 0.05) is 17.8 Å². The lowest BCUT2D eigenvalue weighted by Crippen LogP contribution is -2.32. The third-order valence-corrected chi connectivity index (χ3v) is 3.38. The maximum atomic E-state index is 13.2. The number of nitrogens with zero attached hydrogens (tertiary/aromatic N) is 1. The Kier molecular flexibility index (Phi) is 3.97. The van der Waals surface area contributed by atoms with Crippen LogP contribution in [0, 0.1) is 5.82 Å². The summed E-state index contributed by atoms with van der Waals surface area (Å²) in [5, 5.41) is 0. The van der Waals surface area contributed by atoms with E-state index in [4.69, 9.17) is 5.73 Å². The summed E-state index contributed by atoms with van der Waals surface area (Å²) in [5.41, 5.74) is 7.20. The Morgan fingerprint density at radius 3 is 2.83 bits per heavy atom. The molecule has 1 aromatic rings. The molecule has 2 rings (SSSR count). The highest BCUT2D eigenvalue weighted by Gasteiger charge is 2.34. The van der Waals surface area contributed by atoms with Gasteiger partial charge in [0.2, 0.25) is 5.91 Å². The monoisotopic (exact) mass is 250 g/mol. The first kappa shape index (κ1) is 13.0. The Balaban J connectivity index is 2.11. The maximum Gasteiger partial charge on any atom is 0.248 e. The van der Waals surface area contributed by atoms with Crippen LogP contribution in [0.15, 0.2) is 18.2 Å². The van der Waals surface area contributed by atoms with Crippen molar-refractivity contribution in [2.24, 2.45) is 5.73 Å². The van der Waals surface area contributed by atoms with Crippen molar-refractivity contribution in [3.05, 3.63) is 29.6 Å². The highest BCUT2D eigenvalue weighted by molar-refractivity contribution is 6.04. The number of unbranched alkanes of at least 4 members (excludes halogenated alkanes) is 3. The van der Waals surface area contributed by atoms with Crippen molar-refractivity contribution >= 4 is 11.6 Å². The quantitative estimate of drug-likeness (QED) is 0.817. The first-order valence-electron chi connectivity index (χ1n) is 6.51. The van der Waals surface area contributed by atoms with E-state index in [0.717, 1.165) is 24.9 Å². The van der Waals surface area contributed by atoms with Gasteiger partial charge in [-0.2, -0.15) is 0 Å². The Hall–Kier alpha value is -1.42. The molecule has 1 amide bonds. The molecule has 3 nitrogen and oxygen atoms in total. The normalized spacial score (nSPS) is 18.3. The number of rotatable bonds is 5. The molecular formula is C14H19FN2O. The van der Waals surface area contributed by atoms with Crippen LogP contribution in [-0.4, -0.2) is 12.5 Å². The number of amides is 1. The van der Waals surface area contributed by atoms with E-state index in [1.54, 1.807) is 11.0 Å². The van der Waals surface area contributed by atoms with Crippen molar-refractivity contribution in [3.8, 4) is 0 Å². The van der Waals surface area contributed by atoms with Crippen molar-refractivity contribution in [2.75, 3.05) is 11.4 Å². The standard InChI is InChI=1S/C14H19FN2O/c1-2-3-4-5-8-17-12-7-6-10(15)9-11(12)13(16)14(17)18/h6-7,9,13H,2-5,8,16H2,1H3. The average molecular weight is 250 g/mol. The number of nitrogens with two attached hydrogens (primary N) is 1. The van der Waals surface area contributed by atoms with Crippen LogP contribution in [0.2, 0.25) is 0 Å². The number of benzene rings is 1. The molecule has 1 heterocycles. The van der Waals surface area contributed by atoms with Gasteiger partial charge in [-0.15, -0.1) is 0 Å². The van der Waals surface area contributed by atoms with E-state index in [1.807, 2.05) is 0 Å². The summed E-state index contributed by atoms with van der Waals surface area (Å²) in [6.07, 6.45) is 4.40. The highest BCUT2D eigenvalue weighted by atomic mass is 19.1. The van der Waals surface area contributed by atoms with E-state index < -0.39 is 6.04 Å². The molecule has 0 aromatic heterocycles. The lowest BCUT2D eigenvalue weighted by Gasteiger charge is -2.17. The predicted molar refractivity (Wildman–Crippen MR) is 69.8 cm³/mol. The lowest BCUT2D eigenvalue weighted by molar-refractivity contribution is -0.119. The number of fused-ring (bicyclic) bond motifs is 1. The van der Waals surface area contributed by atoms with Crippen molar-refractivity contribution < 1.29 is 9.18 Å². The van der Waals surface area contributed by atoms with Crippen LogP contribution in [0.25, 0.3) is 0 Å². The second-order valence-corrected chi connectivity index (χ2v) is 4.73. The zero-order valence-electron chi connectivity index (χ0n) is 10.7. The summed E-state index contributed by atoms with van der Waals surface area (Å²) in [6, 6.07) is 3.68. The van der Waals surface area contributed by atoms with Gasteiger partial charge in [0.25, 0.3) is 0 Å². The Bertz CT molecular complexity index is 447. The summed E-state index contributed by atoms with van der Waals surface area (Å²) < 4.78 is 13.2. The van der Waals surface area contributed by atoms with Crippen LogP contribution in [0.3, 0.4) is 0 Å². The van der Waals surface area contributed by atoms with E-state index in [0.29, 0.717) is 12.1 Å². The molecule has 1 unspecified atom stereocenters. The minimum absolute atomic E-state index is 0.118. The fraction of sp³-hybridized carbons (Fsp3) is 0.500. The molecule has 0 spiro atoms. The fourth-order valence-corrected chi connectivity index (χ4v) is 2.37. The van der Waals surface area contributed by atoms with Crippen molar-refractivity contribution in [1.82, 2.24) is 0 Å². The first-order chi connectivity index (χ1) is 8.65. The molecule has 0 saturated heterocycles. The Morgan fingerprint density at radius 1 is 1.33 bits per heavy atom. The van der Waals surface area contributed by atoms with Crippen molar-refractivity contribution in [2.45, 2.75) is 38.6 Å². The third kappa shape index (κ3) is 2.38. The number of halogens is 1. The van der Waals surface area contributed by atoms with E-state index in [1.165, 1.54) is 18.6 Å². The molecule has 1 atom stereocenters. The van der Waals surface area contributed by atoms with Gasteiger partial charge in [-0.25, -0.2) is 4.39 Å². The van der Waals surface area contributed by atoms with Crippen LogP contribution in [0.4, 0.5) is 10.1 Å². The van der Waals surface area contributed by atoms with Crippen molar-refractivity contribution in [3.63, 3.8) is 0 Å². The topological polar surface area (TPSA) is 46.3 Å². The SMILES string of the molecule is CCCCCCN1C(=O)C(N)c2cc(F)ccc21. The second kappa shape index (κ2) is 5.48. The molecule has 18 heavy (non-hydrogen) atoms. The number of carbonyl (C=O) groups excluding carboxylic acids is 1. The second-order valence-electron chi connectivity index (χ2n) is 4.73. The van der Waals surface area contributed by atoms with Gasteiger partial charge in [-0.3, -0.25) is 4.79 Å². The Morgan fingerprint density at radius 2 is 2.11 bits per heavy atom. The van der Waals surface area contributed by atoms with Gasteiger partial charge < -0.3 is 10.6 Å². The predicted octanol–water partition coefficient (Wildman–Crippen LogP) is 2.75. The van der Waals surface area contributed by atoms with Crippen LogP contribution < -0.4 is 10.6 Å². The number of carbonyl (C=O) groups is 1. The number of hydrogen-bond acceptors (Lipinski definition) is 2. The third-order valence-electron chi connectivity index (χ3n) is 3.38. The van der Waals surface area contributed by atoms with Gasteiger partial charge in [0.05, 0.1) is 0 Å². The minimum atomic E-state index is -0.707. The molecule has 1 aliphatic heterocycles. The largest absolute Gasteiger partial charge is 0.316 e. The highest BCUT2D eigenvalue weighted by Crippen LogP contribution is 2.35. The smallest absolute Gasteiger partial charge is 0.248 e. The summed E-state index contributed by atoms with van der Waals surface area (Å²) in [7, 11) is 0.